The highest BCUT2D eigenvalue weighted by Gasteiger charge is 2.10. The molecule has 0 spiro atoms. The number of fused-ring (bicyclic) bond motifs is 26. The zero-order valence-corrected chi connectivity index (χ0v) is 41.4. The Labute approximate surface area is 446 Å². The summed E-state index contributed by atoms with van der Waals surface area (Å²) in [5.74, 6) is 0. The summed E-state index contributed by atoms with van der Waals surface area (Å²) in [5, 5.41) is 0. The molecule has 0 aliphatic carbocycles. The third kappa shape index (κ3) is 10.6. The van der Waals surface area contributed by atoms with E-state index in [-0.39, 0.29) is 0 Å². The molecule has 0 aromatic carbocycles. The van der Waals surface area contributed by atoms with Crippen LogP contribution in [0.4, 0.5) is 0 Å². The van der Waals surface area contributed by atoms with Crippen LogP contribution in [0.3, 0.4) is 0 Å². The Balaban J connectivity index is 0.787. The summed E-state index contributed by atoms with van der Waals surface area (Å²) >= 11 is 0. The first-order chi connectivity index (χ1) is 38.3. The number of nitrogens with one attached hydrogen (secondary N) is 2. The molecule has 0 radical (unpaired) electrons. The molecule has 0 fully saturated rings. The van der Waals surface area contributed by atoms with Gasteiger partial charge in [0.05, 0.1) is 125 Å². The summed E-state index contributed by atoms with van der Waals surface area (Å²) in [6.45, 7) is 0. The van der Waals surface area contributed by atoms with Gasteiger partial charge < -0.3 is 9.97 Å². The van der Waals surface area contributed by atoms with Crippen LogP contribution in [0.15, 0.2) is 103 Å². The fourth-order valence-electron chi connectivity index (χ4n) is 9.30. The van der Waals surface area contributed by atoms with Gasteiger partial charge in [-0.25, -0.2) is 54.8 Å². The Hall–Kier alpha value is -11.1. The topological polar surface area (TPSA) is 173 Å². The first kappa shape index (κ1) is 45.6. The molecule has 0 amide bonds. The van der Waals surface area contributed by atoms with Gasteiger partial charge in [-0.15, -0.1) is 0 Å². The van der Waals surface area contributed by atoms with E-state index in [2.05, 4.69) is 9.97 Å². The zero-order valence-electron chi connectivity index (χ0n) is 41.4. The highest BCUT2D eigenvalue weighted by atomic mass is 14.8. The van der Waals surface area contributed by atoms with Crippen molar-refractivity contribution in [1.29, 1.82) is 0 Å². The van der Waals surface area contributed by atoms with E-state index in [1.807, 2.05) is 237 Å². The SMILES string of the molecule is C1=Cc2cc3nc(cc4nc(cc5nc(cc6nc(cc7ccc(cc8nc(cc9ccc(cc%10nc(cc%11nc(cc%12nc(cc%13nc(cc%14nc(cc1n2)C=C%14)C=C%13)C=C%12)C=C%11)C=C%10)[nH]9)C=C8)[nH]7)C=C6)C=C5)C=C4)C=C3. The molecule has 0 unspecified atom stereocenters. The first-order valence-electron chi connectivity index (χ1n) is 25.3. The summed E-state index contributed by atoms with van der Waals surface area (Å²) in [5.41, 5.74) is 21.8. The van der Waals surface area contributed by atoms with Crippen molar-refractivity contribution in [3.8, 4) is 0 Å². The molecule has 13 heteroatoms. The van der Waals surface area contributed by atoms with E-state index in [0.29, 0.717) is 0 Å². The molecule has 0 saturated heterocycles. The molecule has 14 rings (SSSR count). The molecule has 13 nitrogen and oxygen atoms in total. The molecule has 3 aromatic rings. The number of hydrogen-bond acceptors (Lipinski definition) is 11. The highest BCUT2D eigenvalue weighted by molar-refractivity contribution is 5.83. The number of hydrogen-bond donors (Lipinski definition) is 2. The van der Waals surface area contributed by atoms with Crippen molar-refractivity contribution in [2.45, 2.75) is 0 Å². The smallest absolute Gasteiger partial charge is 0.0659 e. The number of rotatable bonds is 0. The number of aromatic amines is 2. The molecule has 11 aliphatic heterocycles. The molecule has 366 valence electrons. The third-order valence-corrected chi connectivity index (χ3v) is 12.9. The number of aromatic nitrogens is 13. The van der Waals surface area contributed by atoms with Gasteiger partial charge in [0.15, 0.2) is 0 Å². The predicted octanol–water partition coefficient (Wildman–Crippen LogP) is 13.7. The average molecular weight is 1000 g/mol. The monoisotopic (exact) mass is 1000 g/mol. The van der Waals surface area contributed by atoms with Crippen LogP contribution >= 0.6 is 0 Å². The molecule has 3 aromatic heterocycles. The van der Waals surface area contributed by atoms with Crippen molar-refractivity contribution in [2.75, 3.05) is 0 Å². The standard InChI is InChI=1S/C65H41N13/c1-2-41-28-43-5-6-45(68-43)30-47-9-10-49(70-47)32-51-13-14-53(72-51)34-55-17-18-57(74-55)36-59-21-22-61(76-59)38-63-25-26-65(78-63)39-64-24-23-62(77-64)37-60-20-19-58(75-60)35-56-16-15-54(73-56)33-52-12-11-50(71-52)31-48-8-7-46(69-48)29-44-4-3-42(67-44)27-40(1)66-41/h1-39,66,69H. The van der Waals surface area contributed by atoms with Gasteiger partial charge in [0, 0.05) is 22.1 Å². The Kier molecular flexibility index (Phi) is 11.5. The van der Waals surface area contributed by atoms with Crippen LogP contribution in [0.25, 0.3) is 156 Å². The first-order valence-corrected chi connectivity index (χ1v) is 25.3. The maximum absolute atomic E-state index is 4.84. The summed E-state index contributed by atoms with van der Waals surface area (Å²) in [7, 11) is 0. The molecule has 26 bridgehead atoms. The lowest BCUT2D eigenvalue weighted by atomic mass is 10.3. The number of nitrogens with zero attached hydrogens (tertiary/aromatic N) is 11. The number of H-pyrrole nitrogens is 2. The quantitative estimate of drug-likeness (QED) is 0.148. The Morgan fingerprint density at radius 1 is 0.141 bits per heavy atom. The van der Waals surface area contributed by atoms with Crippen molar-refractivity contribution in [3.05, 3.63) is 228 Å². The minimum Gasteiger partial charge on any atom is -0.355 e. The fraction of sp³-hybridized carbons (Fsp3) is 0. The summed E-state index contributed by atoms with van der Waals surface area (Å²) < 4.78 is 0. The Morgan fingerprint density at radius 2 is 0.244 bits per heavy atom. The molecule has 0 atom stereocenters. The average Bonchev–Trinajstić information content (AvgIpc) is 4.25. The summed E-state index contributed by atoms with van der Waals surface area (Å²) in [6.07, 6.45) is 43.7. The molecule has 11 aliphatic rings. The lowest BCUT2D eigenvalue weighted by Gasteiger charge is -1.86. The third-order valence-electron chi connectivity index (χ3n) is 12.9. The lowest BCUT2D eigenvalue weighted by Crippen LogP contribution is -1.80. The second-order valence-electron chi connectivity index (χ2n) is 18.9. The van der Waals surface area contributed by atoms with E-state index in [4.69, 9.17) is 54.8 Å². The second kappa shape index (κ2) is 19.7. The maximum atomic E-state index is 4.84. The minimum atomic E-state index is 0.811. The van der Waals surface area contributed by atoms with Crippen molar-refractivity contribution in [1.82, 2.24) is 64.8 Å². The molecule has 0 saturated carbocycles. The fourth-order valence-corrected chi connectivity index (χ4v) is 9.30. The predicted molar refractivity (Wildman–Crippen MR) is 318 cm³/mol. The van der Waals surface area contributed by atoms with Crippen LogP contribution in [0.5, 0.6) is 0 Å². The van der Waals surface area contributed by atoms with E-state index in [1.54, 1.807) is 0 Å². The van der Waals surface area contributed by atoms with Gasteiger partial charge in [-0.2, -0.15) is 0 Å². The highest BCUT2D eigenvalue weighted by Crippen LogP contribution is 2.24. The van der Waals surface area contributed by atoms with E-state index in [1.165, 1.54) is 0 Å². The van der Waals surface area contributed by atoms with E-state index < -0.39 is 0 Å². The van der Waals surface area contributed by atoms with Crippen molar-refractivity contribution in [2.24, 2.45) is 0 Å². The van der Waals surface area contributed by atoms with E-state index in [0.717, 1.165) is 147 Å². The van der Waals surface area contributed by atoms with Crippen LogP contribution < -0.4 is 0 Å². The zero-order chi connectivity index (χ0) is 51.8. The Morgan fingerprint density at radius 3 is 0.359 bits per heavy atom. The lowest BCUT2D eigenvalue weighted by molar-refractivity contribution is 1.24. The molecular weight excluding hydrogens is 963 g/mol. The van der Waals surface area contributed by atoms with E-state index in [9.17, 15) is 0 Å². The van der Waals surface area contributed by atoms with Gasteiger partial charge in [0.25, 0.3) is 0 Å². The molecule has 14 heterocycles. The minimum absolute atomic E-state index is 0.811. The summed E-state index contributed by atoms with van der Waals surface area (Å²) in [4.78, 5) is 59.8. The van der Waals surface area contributed by atoms with Crippen LogP contribution in [-0.4, -0.2) is 64.8 Å². The van der Waals surface area contributed by atoms with Crippen LogP contribution in [-0.2, 0) is 0 Å². The van der Waals surface area contributed by atoms with Gasteiger partial charge in [-0.3, -0.25) is 0 Å². The summed E-state index contributed by atoms with van der Waals surface area (Å²) in [6, 6.07) is 34.0. The van der Waals surface area contributed by atoms with Gasteiger partial charge in [-0.1, -0.05) is 0 Å². The Bertz CT molecular complexity index is 4230. The normalized spacial score (nSPS) is 13.6. The van der Waals surface area contributed by atoms with Crippen LogP contribution in [0, 0.1) is 0 Å². The molecule has 78 heavy (non-hydrogen) atoms. The van der Waals surface area contributed by atoms with Crippen LogP contribution in [0.1, 0.15) is 125 Å². The van der Waals surface area contributed by atoms with Crippen molar-refractivity contribution >= 4 is 156 Å². The molecule has 2 N–H and O–H groups in total. The van der Waals surface area contributed by atoms with Crippen LogP contribution in [0.2, 0.25) is 0 Å². The second-order valence-corrected chi connectivity index (χ2v) is 18.9. The molecular formula is C65H41N13. The van der Waals surface area contributed by atoms with Crippen molar-refractivity contribution in [3.63, 3.8) is 0 Å². The maximum Gasteiger partial charge on any atom is 0.0659 e. The van der Waals surface area contributed by atoms with Gasteiger partial charge >= 0.3 is 0 Å². The van der Waals surface area contributed by atoms with Crippen molar-refractivity contribution < 1.29 is 0 Å². The van der Waals surface area contributed by atoms with Gasteiger partial charge in [0.2, 0.25) is 0 Å². The van der Waals surface area contributed by atoms with E-state index >= 15 is 0 Å². The largest absolute Gasteiger partial charge is 0.355 e. The van der Waals surface area contributed by atoms with Gasteiger partial charge in [0.1, 0.15) is 0 Å². The van der Waals surface area contributed by atoms with Gasteiger partial charge in [-0.05, 0) is 237 Å².